The number of piperidine rings is 1. The maximum atomic E-state index is 12.8. The number of nitrogens with two attached hydrogens (primary N) is 1. The summed E-state index contributed by atoms with van der Waals surface area (Å²) >= 11 is 0. The van der Waals surface area contributed by atoms with Crippen molar-refractivity contribution in [2.24, 2.45) is 0 Å². The average molecular weight is 334 g/mol. The third-order valence-electron chi connectivity index (χ3n) is 3.65. The van der Waals surface area contributed by atoms with Crippen LogP contribution in [-0.2, 0) is 14.3 Å². The normalized spacial score (nSPS) is 16.4. The van der Waals surface area contributed by atoms with Crippen molar-refractivity contribution in [3.63, 3.8) is 0 Å². The van der Waals surface area contributed by atoms with Gasteiger partial charge < -0.3 is 20.1 Å². The molecule has 0 radical (unpaired) electrons. The van der Waals surface area contributed by atoms with Crippen LogP contribution in [-0.4, -0.2) is 41.6 Å². The zero-order valence-corrected chi connectivity index (χ0v) is 14.6. The van der Waals surface area contributed by atoms with E-state index in [1.165, 1.54) is 0 Å². The van der Waals surface area contributed by atoms with E-state index in [1.54, 1.807) is 49.9 Å². The van der Waals surface area contributed by atoms with Crippen molar-refractivity contribution in [2.45, 2.75) is 51.7 Å². The Morgan fingerprint density at radius 3 is 2.21 bits per heavy atom. The van der Waals surface area contributed by atoms with Crippen molar-refractivity contribution >= 4 is 17.6 Å². The molecule has 1 aromatic carbocycles. The second-order valence-electron chi connectivity index (χ2n) is 6.99. The molecule has 0 bridgehead atoms. The Labute approximate surface area is 142 Å². The smallest absolute Gasteiger partial charge is 0.357 e. The molecule has 24 heavy (non-hydrogen) atoms. The molecule has 1 aliphatic rings. The van der Waals surface area contributed by atoms with Gasteiger partial charge in [-0.15, -0.1) is 0 Å². The second-order valence-corrected chi connectivity index (χ2v) is 6.99. The fraction of sp³-hybridized carbons (Fsp3) is 0.556. The minimum absolute atomic E-state index is 0.347. The van der Waals surface area contributed by atoms with Gasteiger partial charge in [0.15, 0.2) is 0 Å². The highest BCUT2D eigenvalue weighted by Crippen LogP contribution is 2.19. The summed E-state index contributed by atoms with van der Waals surface area (Å²) in [7, 11) is 0. The Morgan fingerprint density at radius 2 is 1.67 bits per heavy atom. The molecular weight excluding hydrogens is 308 g/mol. The molecule has 1 fully saturated rings. The van der Waals surface area contributed by atoms with Gasteiger partial charge in [-0.2, -0.15) is 0 Å². The Hall–Kier alpha value is -2.24. The molecule has 132 valence electrons. The molecule has 0 spiro atoms. The van der Waals surface area contributed by atoms with Gasteiger partial charge in [0, 0.05) is 18.8 Å². The molecule has 6 heteroatoms. The molecule has 1 atom stereocenters. The van der Waals surface area contributed by atoms with Crippen LogP contribution in [0, 0.1) is 0 Å². The monoisotopic (exact) mass is 334 g/mol. The minimum atomic E-state index is -1.30. The van der Waals surface area contributed by atoms with Gasteiger partial charge in [0.1, 0.15) is 11.4 Å². The van der Waals surface area contributed by atoms with Crippen LogP contribution in [0.3, 0.4) is 0 Å². The van der Waals surface area contributed by atoms with Crippen LogP contribution < -0.4 is 10.5 Å². The number of carbonyl (C=O) groups is 2. The predicted molar refractivity (Wildman–Crippen MR) is 91.5 cm³/mol. The number of rotatable bonds is 4. The number of ether oxygens (including phenoxy) is 2. The highest BCUT2D eigenvalue weighted by atomic mass is 16.6. The Bertz CT molecular complexity index is 572. The number of likely N-dealkylation sites (tertiary alicyclic amines) is 1. The van der Waals surface area contributed by atoms with Crippen molar-refractivity contribution in [1.29, 1.82) is 0 Å². The molecule has 1 saturated heterocycles. The van der Waals surface area contributed by atoms with Crippen LogP contribution in [0.4, 0.5) is 5.69 Å². The van der Waals surface area contributed by atoms with E-state index in [0.717, 1.165) is 19.3 Å². The molecule has 1 aliphatic heterocycles. The Balaban J connectivity index is 2.17. The van der Waals surface area contributed by atoms with E-state index >= 15 is 0 Å². The van der Waals surface area contributed by atoms with E-state index in [-0.39, 0.29) is 5.91 Å². The van der Waals surface area contributed by atoms with Crippen LogP contribution in [0.25, 0.3) is 0 Å². The Kier molecular flexibility index (Phi) is 5.70. The van der Waals surface area contributed by atoms with Crippen LogP contribution >= 0.6 is 0 Å². The number of hydrogen-bond acceptors (Lipinski definition) is 5. The molecule has 0 aliphatic carbocycles. The SMILES string of the molecule is CC(C)(C)OC(=O)C(Oc1ccc(N)cc1)C(=O)N1CCCCC1. The number of esters is 1. The van der Waals surface area contributed by atoms with E-state index in [0.29, 0.717) is 24.5 Å². The van der Waals surface area contributed by atoms with E-state index in [4.69, 9.17) is 15.2 Å². The maximum Gasteiger partial charge on any atom is 0.357 e. The van der Waals surface area contributed by atoms with Gasteiger partial charge in [0.25, 0.3) is 12.0 Å². The van der Waals surface area contributed by atoms with Crippen molar-refractivity contribution in [1.82, 2.24) is 4.90 Å². The first kappa shape index (κ1) is 18.1. The molecule has 1 heterocycles. The van der Waals surface area contributed by atoms with Crippen LogP contribution in [0.15, 0.2) is 24.3 Å². The van der Waals surface area contributed by atoms with E-state index < -0.39 is 17.7 Å². The third-order valence-corrected chi connectivity index (χ3v) is 3.65. The molecule has 6 nitrogen and oxygen atoms in total. The number of nitrogen functional groups attached to an aromatic ring is 1. The fourth-order valence-corrected chi connectivity index (χ4v) is 2.52. The van der Waals surface area contributed by atoms with Crippen LogP contribution in [0.2, 0.25) is 0 Å². The first-order chi connectivity index (χ1) is 11.3. The number of nitrogens with zero attached hydrogens (tertiary/aromatic N) is 1. The molecule has 0 aromatic heterocycles. The van der Waals surface area contributed by atoms with Gasteiger partial charge in [0.2, 0.25) is 0 Å². The number of benzene rings is 1. The zero-order valence-electron chi connectivity index (χ0n) is 14.6. The number of amides is 1. The third kappa shape index (κ3) is 5.15. The summed E-state index contributed by atoms with van der Waals surface area (Å²) in [5.74, 6) is -0.610. The summed E-state index contributed by atoms with van der Waals surface area (Å²) in [6, 6.07) is 6.59. The van der Waals surface area contributed by atoms with Crippen LogP contribution in [0.5, 0.6) is 5.75 Å². The van der Waals surface area contributed by atoms with E-state index in [9.17, 15) is 9.59 Å². The minimum Gasteiger partial charge on any atom is -0.469 e. The first-order valence-corrected chi connectivity index (χ1v) is 8.30. The lowest BCUT2D eigenvalue weighted by Gasteiger charge is -2.31. The van der Waals surface area contributed by atoms with Gasteiger partial charge in [-0.25, -0.2) is 4.79 Å². The van der Waals surface area contributed by atoms with Gasteiger partial charge in [-0.3, -0.25) is 4.79 Å². The summed E-state index contributed by atoms with van der Waals surface area (Å²) in [5, 5.41) is 0. The summed E-state index contributed by atoms with van der Waals surface area (Å²) in [6.45, 7) is 6.57. The van der Waals surface area contributed by atoms with E-state index in [2.05, 4.69) is 0 Å². The molecule has 2 N–H and O–H groups in total. The molecular formula is C18H26N2O4. The molecule has 1 amide bonds. The molecule has 1 aromatic rings. The standard InChI is InChI=1S/C18H26N2O4/c1-18(2,3)24-17(22)15(16(21)20-11-5-4-6-12-20)23-14-9-7-13(19)8-10-14/h7-10,15H,4-6,11-12,19H2,1-3H3. The molecule has 0 saturated carbocycles. The highest BCUT2D eigenvalue weighted by Gasteiger charge is 2.36. The molecule has 1 unspecified atom stereocenters. The zero-order chi connectivity index (χ0) is 17.7. The number of anilines is 1. The summed E-state index contributed by atoms with van der Waals surface area (Å²) in [5.41, 5.74) is 5.54. The van der Waals surface area contributed by atoms with Crippen LogP contribution in [0.1, 0.15) is 40.0 Å². The maximum absolute atomic E-state index is 12.8. The number of carbonyl (C=O) groups excluding carboxylic acids is 2. The van der Waals surface area contributed by atoms with Crippen molar-refractivity contribution in [3.05, 3.63) is 24.3 Å². The van der Waals surface area contributed by atoms with Crippen molar-refractivity contribution in [2.75, 3.05) is 18.8 Å². The lowest BCUT2D eigenvalue weighted by atomic mass is 10.1. The lowest BCUT2D eigenvalue weighted by molar-refractivity contribution is -0.169. The average Bonchev–Trinajstić information content (AvgIpc) is 2.53. The Morgan fingerprint density at radius 1 is 1.08 bits per heavy atom. The predicted octanol–water partition coefficient (Wildman–Crippen LogP) is 2.37. The van der Waals surface area contributed by atoms with Crippen molar-refractivity contribution in [3.8, 4) is 5.75 Å². The molecule has 2 rings (SSSR count). The van der Waals surface area contributed by atoms with Crippen molar-refractivity contribution < 1.29 is 19.1 Å². The van der Waals surface area contributed by atoms with E-state index in [1.807, 2.05) is 0 Å². The highest BCUT2D eigenvalue weighted by molar-refractivity contribution is 6.01. The second kappa shape index (κ2) is 7.55. The largest absolute Gasteiger partial charge is 0.469 e. The first-order valence-electron chi connectivity index (χ1n) is 8.30. The summed E-state index contributed by atoms with van der Waals surface area (Å²) in [6.07, 6.45) is 1.68. The summed E-state index contributed by atoms with van der Waals surface area (Å²) < 4.78 is 11.0. The van der Waals surface area contributed by atoms with Gasteiger partial charge >= 0.3 is 5.97 Å². The van der Waals surface area contributed by atoms with Gasteiger partial charge in [-0.1, -0.05) is 0 Å². The fourth-order valence-electron chi connectivity index (χ4n) is 2.52. The van der Waals surface area contributed by atoms with Gasteiger partial charge in [-0.05, 0) is 64.3 Å². The number of hydrogen-bond donors (Lipinski definition) is 1. The lowest BCUT2D eigenvalue weighted by Crippen LogP contribution is -2.49. The topological polar surface area (TPSA) is 81.9 Å². The van der Waals surface area contributed by atoms with Gasteiger partial charge in [0.05, 0.1) is 0 Å². The summed E-state index contributed by atoms with van der Waals surface area (Å²) in [4.78, 5) is 26.9. The quantitative estimate of drug-likeness (QED) is 0.519.